The van der Waals surface area contributed by atoms with Crippen LogP contribution in [0, 0.1) is 10.1 Å². The van der Waals surface area contributed by atoms with E-state index in [1.165, 1.54) is 0 Å². The predicted molar refractivity (Wildman–Crippen MR) is 96.3 cm³/mol. The topological polar surface area (TPSA) is 72.6 Å². The molecule has 0 aliphatic carbocycles. The maximum absolute atomic E-state index is 11.1. The number of nitrogens with zero attached hydrogens (tertiary/aromatic N) is 1. The zero-order valence-corrected chi connectivity index (χ0v) is 13.7. The lowest BCUT2D eigenvalue weighted by Gasteiger charge is -2.17. The summed E-state index contributed by atoms with van der Waals surface area (Å²) < 4.78 is 5.73. The van der Waals surface area contributed by atoms with Gasteiger partial charge in [-0.05, 0) is 22.4 Å². The molecule has 0 amide bonds. The number of ether oxygens (including phenoxy) is 1. The zero-order valence-electron chi connectivity index (χ0n) is 13.7. The predicted octanol–water partition coefficient (Wildman–Crippen LogP) is 4.12. The van der Waals surface area contributed by atoms with E-state index >= 15 is 0 Å². The average molecular weight is 337 g/mol. The van der Waals surface area contributed by atoms with Crippen LogP contribution in [-0.4, -0.2) is 23.2 Å². The van der Waals surface area contributed by atoms with Crippen LogP contribution in [0.3, 0.4) is 0 Å². The summed E-state index contributed by atoms with van der Waals surface area (Å²) in [6.45, 7) is 0.244. The van der Waals surface area contributed by atoms with Crippen LogP contribution < -0.4 is 0 Å². The van der Waals surface area contributed by atoms with Gasteiger partial charge >= 0.3 is 0 Å². The van der Waals surface area contributed by atoms with Crippen molar-refractivity contribution in [1.82, 2.24) is 0 Å². The van der Waals surface area contributed by atoms with Crippen molar-refractivity contribution in [3.05, 3.63) is 88.0 Å². The van der Waals surface area contributed by atoms with Gasteiger partial charge in [0.25, 0.3) is 0 Å². The molecule has 128 valence electrons. The summed E-state index contributed by atoms with van der Waals surface area (Å²) in [7, 11) is 0. The van der Waals surface area contributed by atoms with Crippen LogP contribution in [0.4, 0.5) is 0 Å². The van der Waals surface area contributed by atoms with Crippen molar-refractivity contribution in [3.8, 4) is 5.75 Å². The number of aromatic hydroxyl groups is 1. The molecule has 0 saturated carbocycles. The maximum atomic E-state index is 11.1. The number of nitro groups is 1. The van der Waals surface area contributed by atoms with E-state index in [-0.39, 0.29) is 23.8 Å². The smallest absolute Gasteiger partial charge is 0.213 e. The molecule has 0 radical (unpaired) electrons. The van der Waals surface area contributed by atoms with Gasteiger partial charge in [-0.2, -0.15) is 0 Å². The van der Waals surface area contributed by atoms with E-state index < -0.39 is 5.92 Å². The van der Waals surface area contributed by atoms with E-state index in [2.05, 4.69) is 0 Å². The summed E-state index contributed by atoms with van der Waals surface area (Å²) in [5.74, 6) is -0.460. The molecule has 0 aliphatic heterocycles. The van der Waals surface area contributed by atoms with E-state index in [0.717, 1.165) is 16.3 Å². The molecule has 0 fully saturated rings. The van der Waals surface area contributed by atoms with Crippen molar-refractivity contribution >= 4 is 10.8 Å². The van der Waals surface area contributed by atoms with Gasteiger partial charge in [-0.25, -0.2) is 0 Å². The van der Waals surface area contributed by atoms with Crippen molar-refractivity contribution < 1.29 is 14.8 Å². The molecular formula is C20H19NO4. The summed E-state index contributed by atoms with van der Waals surface area (Å²) >= 11 is 0. The van der Waals surface area contributed by atoms with Crippen molar-refractivity contribution in [2.45, 2.75) is 12.5 Å². The molecule has 5 nitrogen and oxygen atoms in total. The van der Waals surface area contributed by atoms with Crippen LogP contribution in [0.15, 0.2) is 66.7 Å². The number of hydrogen-bond acceptors (Lipinski definition) is 4. The first kappa shape index (κ1) is 16.9. The summed E-state index contributed by atoms with van der Waals surface area (Å²) in [6.07, 6.45) is 0. The number of phenols is 1. The highest BCUT2D eigenvalue weighted by molar-refractivity contribution is 5.88. The molecule has 0 saturated heterocycles. The Bertz CT molecular complexity index is 864. The van der Waals surface area contributed by atoms with E-state index in [9.17, 15) is 15.2 Å². The standard InChI is InChI=1S/C20H19NO4/c22-19-11-10-16-8-4-5-9-18(16)20(19)17(12-21(23)24)14-25-13-15-6-2-1-3-7-15/h1-11,17,22H,12-14H2/t17-/m0/s1. The van der Waals surface area contributed by atoms with Gasteiger partial charge in [-0.1, -0.05) is 60.7 Å². The van der Waals surface area contributed by atoms with E-state index in [1.54, 1.807) is 6.07 Å². The minimum atomic E-state index is -0.523. The monoisotopic (exact) mass is 337 g/mol. The van der Waals surface area contributed by atoms with Gasteiger partial charge in [0.1, 0.15) is 5.75 Å². The SMILES string of the molecule is O=[N+]([O-])C[C@@H](COCc1ccccc1)c1c(O)ccc2ccccc12. The van der Waals surface area contributed by atoms with Gasteiger partial charge in [0.2, 0.25) is 6.54 Å². The molecule has 0 unspecified atom stereocenters. The third-order valence-electron chi connectivity index (χ3n) is 4.16. The fraction of sp³-hybridized carbons (Fsp3) is 0.200. The van der Waals surface area contributed by atoms with Gasteiger partial charge in [0.15, 0.2) is 0 Å². The summed E-state index contributed by atoms with van der Waals surface area (Å²) in [5, 5.41) is 23.2. The largest absolute Gasteiger partial charge is 0.508 e. The Balaban J connectivity index is 1.86. The van der Waals surface area contributed by atoms with Crippen LogP contribution in [0.25, 0.3) is 10.8 Å². The van der Waals surface area contributed by atoms with Crippen LogP contribution in [0.5, 0.6) is 5.75 Å². The molecule has 0 heterocycles. The number of benzene rings is 3. The van der Waals surface area contributed by atoms with Crippen molar-refractivity contribution in [2.75, 3.05) is 13.2 Å². The van der Waals surface area contributed by atoms with Crippen LogP contribution in [0.1, 0.15) is 17.0 Å². The molecule has 5 heteroatoms. The normalized spacial score (nSPS) is 12.2. The Labute approximate surface area is 145 Å². The molecule has 3 aromatic carbocycles. The highest BCUT2D eigenvalue weighted by atomic mass is 16.6. The van der Waals surface area contributed by atoms with Crippen LogP contribution >= 0.6 is 0 Å². The maximum Gasteiger partial charge on any atom is 0.213 e. The molecule has 0 aliphatic rings. The molecular weight excluding hydrogens is 318 g/mol. The second-order valence-electron chi connectivity index (χ2n) is 5.93. The first-order valence-electron chi connectivity index (χ1n) is 8.09. The third kappa shape index (κ3) is 4.14. The lowest BCUT2D eigenvalue weighted by atomic mass is 9.93. The Morgan fingerprint density at radius 3 is 2.48 bits per heavy atom. The van der Waals surface area contributed by atoms with Crippen molar-refractivity contribution in [2.24, 2.45) is 0 Å². The fourth-order valence-corrected chi connectivity index (χ4v) is 3.01. The molecule has 0 bridgehead atoms. The van der Waals surface area contributed by atoms with E-state index in [4.69, 9.17) is 4.74 Å². The molecule has 0 spiro atoms. The molecule has 25 heavy (non-hydrogen) atoms. The van der Waals surface area contributed by atoms with Gasteiger partial charge < -0.3 is 9.84 Å². The number of phenolic OH excluding ortho intramolecular Hbond substituents is 1. The lowest BCUT2D eigenvalue weighted by molar-refractivity contribution is -0.484. The Morgan fingerprint density at radius 2 is 1.72 bits per heavy atom. The molecule has 1 atom stereocenters. The van der Waals surface area contributed by atoms with E-state index in [0.29, 0.717) is 12.2 Å². The second kappa shape index (κ2) is 7.77. The first-order chi connectivity index (χ1) is 12.1. The number of rotatable bonds is 7. The van der Waals surface area contributed by atoms with Gasteiger partial charge in [0, 0.05) is 10.5 Å². The summed E-state index contributed by atoms with van der Waals surface area (Å²) in [6, 6.07) is 20.6. The fourth-order valence-electron chi connectivity index (χ4n) is 3.01. The molecule has 1 N–H and O–H groups in total. The quantitative estimate of drug-likeness (QED) is 0.520. The van der Waals surface area contributed by atoms with Crippen LogP contribution in [0.2, 0.25) is 0 Å². The second-order valence-corrected chi connectivity index (χ2v) is 5.93. The van der Waals surface area contributed by atoms with Crippen molar-refractivity contribution in [3.63, 3.8) is 0 Å². The highest BCUT2D eigenvalue weighted by Crippen LogP contribution is 2.34. The van der Waals surface area contributed by atoms with Gasteiger partial charge in [0.05, 0.1) is 19.1 Å². The first-order valence-corrected chi connectivity index (χ1v) is 8.09. The number of fused-ring (bicyclic) bond motifs is 1. The molecule has 0 aromatic heterocycles. The van der Waals surface area contributed by atoms with Gasteiger partial charge in [-0.3, -0.25) is 10.1 Å². The summed E-state index contributed by atoms with van der Waals surface area (Å²) in [4.78, 5) is 10.8. The number of hydrogen-bond donors (Lipinski definition) is 1. The van der Waals surface area contributed by atoms with Gasteiger partial charge in [-0.15, -0.1) is 0 Å². The molecule has 3 aromatic rings. The van der Waals surface area contributed by atoms with Crippen molar-refractivity contribution in [1.29, 1.82) is 0 Å². The minimum Gasteiger partial charge on any atom is -0.508 e. The molecule has 3 rings (SSSR count). The Kier molecular flexibility index (Phi) is 5.26. The lowest BCUT2D eigenvalue weighted by Crippen LogP contribution is -2.18. The highest BCUT2D eigenvalue weighted by Gasteiger charge is 2.23. The average Bonchev–Trinajstić information content (AvgIpc) is 2.61. The Morgan fingerprint density at radius 1 is 1.00 bits per heavy atom. The van der Waals surface area contributed by atoms with Crippen LogP contribution in [-0.2, 0) is 11.3 Å². The Hall–Kier alpha value is -2.92. The van der Waals surface area contributed by atoms with E-state index in [1.807, 2.05) is 60.7 Å². The zero-order chi connectivity index (χ0) is 17.6. The minimum absolute atomic E-state index is 0.0638. The summed E-state index contributed by atoms with van der Waals surface area (Å²) in [5.41, 5.74) is 1.58. The third-order valence-corrected chi connectivity index (χ3v) is 4.16.